The van der Waals surface area contributed by atoms with Gasteiger partial charge in [0.25, 0.3) is 11.8 Å². The largest absolute Gasteiger partial charge is 0.504 e. The number of benzene rings is 3. The first-order chi connectivity index (χ1) is 21.4. The number of imide groups is 1. The van der Waals surface area contributed by atoms with E-state index in [-0.39, 0.29) is 30.0 Å². The Kier molecular flexibility index (Phi) is 10.5. The van der Waals surface area contributed by atoms with Crippen molar-refractivity contribution < 1.29 is 24.5 Å². The molecule has 5 rings (SSSR count). The van der Waals surface area contributed by atoms with Crippen molar-refractivity contribution in [1.29, 1.82) is 0 Å². The maximum atomic E-state index is 13.2. The molecule has 8 nitrogen and oxygen atoms in total. The van der Waals surface area contributed by atoms with Gasteiger partial charge in [-0.2, -0.15) is 0 Å². The van der Waals surface area contributed by atoms with Crippen LogP contribution in [0.3, 0.4) is 0 Å². The monoisotopic (exact) mass is 619 g/mol. The number of hydrogen-bond donors (Lipinski definition) is 3. The molecular formula is C35H42ClN3O5. The van der Waals surface area contributed by atoms with Crippen molar-refractivity contribution in [3.63, 3.8) is 0 Å². The van der Waals surface area contributed by atoms with Crippen molar-refractivity contribution in [3.05, 3.63) is 58.6 Å². The molecule has 2 amide bonds. The van der Waals surface area contributed by atoms with E-state index in [0.717, 1.165) is 26.1 Å². The zero-order valence-electron chi connectivity index (χ0n) is 25.6. The smallest absolute Gasteiger partial charge is 0.259 e. The van der Waals surface area contributed by atoms with Crippen LogP contribution in [0.4, 0.5) is 0 Å². The number of carbonyl (C=O) groups excluding carboxylic acids is 2. The molecule has 3 aromatic carbocycles. The summed E-state index contributed by atoms with van der Waals surface area (Å²) >= 11 is 6.54. The van der Waals surface area contributed by atoms with Crippen LogP contribution < -0.4 is 10.1 Å². The molecule has 0 fully saturated rings. The number of carbonyl (C=O) groups is 2. The molecule has 0 bridgehead atoms. The molecule has 44 heavy (non-hydrogen) atoms. The number of aliphatic hydroxyl groups excluding tert-OH is 1. The van der Waals surface area contributed by atoms with E-state index in [4.69, 9.17) is 16.3 Å². The lowest BCUT2D eigenvalue weighted by molar-refractivity contribution is 0.0880. The van der Waals surface area contributed by atoms with Crippen LogP contribution in [0.2, 0.25) is 5.02 Å². The number of ether oxygens (including phenoxy) is 1. The van der Waals surface area contributed by atoms with Crippen LogP contribution in [0.1, 0.15) is 79.5 Å². The minimum atomic E-state index is -0.505. The van der Waals surface area contributed by atoms with Crippen LogP contribution >= 0.6 is 11.6 Å². The molecule has 234 valence electrons. The van der Waals surface area contributed by atoms with Gasteiger partial charge in [-0.25, -0.2) is 0 Å². The number of aliphatic hydroxyl groups is 1. The lowest BCUT2D eigenvalue weighted by atomic mass is 9.93. The first kappa shape index (κ1) is 31.8. The normalized spacial score (nSPS) is 12.9. The first-order valence-corrected chi connectivity index (χ1v) is 16.2. The van der Waals surface area contributed by atoms with Crippen molar-refractivity contribution in [3.8, 4) is 22.6 Å². The SMILES string of the molecule is CCCCCN(CCCCC)CCCOc1cc2c(cc1O)c1c3c(c(-c4ccccc4Cl)cc1n2CCO)C(=O)NC3=O. The van der Waals surface area contributed by atoms with E-state index in [1.807, 2.05) is 22.8 Å². The summed E-state index contributed by atoms with van der Waals surface area (Å²) in [6.07, 6.45) is 8.08. The molecule has 9 heteroatoms. The Balaban J connectivity index is 1.49. The molecule has 0 saturated carbocycles. The minimum absolute atomic E-state index is 0.0445. The fraction of sp³-hybridized carbons (Fsp3) is 0.429. The maximum absolute atomic E-state index is 13.2. The van der Waals surface area contributed by atoms with Gasteiger partial charge in [-0.15, -0.1) is 0 Å². The third-order valence-corrected chi connectivity index (χ3v) is 8.77. The number of halogens is 1. The Hall–Kier alpha value is -3.59. The van der Waals surface area contributed by atoms with Crippen LogP contribution in [0.25, 0.3) is 32.9 Å². The Morgan fingerprint density at radius 2 is 1.55 bits per heavy atom. The second-order valence-corrected chi connectivity index (χ2v) is 11.9. The van der Waals surface area contributed by atoms with Crippen LogP contribution in [0.5, 0.6) is 11.5 Å². The zero-order chi connectivity index (χ0) is 31.2. The van der Waals surface area contributed by atoms with Gasteiger partial charge in [-0.1, -0.05) is 69.3 Å². The first-order valence-electron chi connectivity index (χ1n) is 15.8. The number of aromatic hydroxyl groups is 1. The predicted octanol–water partition coefficient (Wildman–Crippen LogP) is 7.15. The number of phenols is 1. The zero-order valence-corrected chi connectivity index (χ0v) is 26.4. The van der Waals surface area contributed by atoms with Gasteiger partial charge in [-0.3, -0.25) is 14.9 Å². The summed E-state index contributed by atoms with van der Waals surface area (Å²) in [6, 6.07) is 12.4. The molecule has 0 saturated heterocycles. The highest BCUT2D eigenvalue weighted by Gasteiger charge is 2.35. The van der Waals surface area contributed by atoms with Crippen LogP contribution in [-0.2, 0) is 6.54 Å². The van der Waals surface area contributed by atoms with E-state index in [1.54, 1.807) is 24.3 Å². The number of unbranched alkanes of at least 4 members (excludes halogenated alkanes) is 4. The second kappa shape index (κ2) is 14.5. The Labute approximate surface area is 263 Å². The molecule has 1 aromatic heterocycles. The summed E-state index contributed by atoms with van der Waals surface area (Å²) < 4.78 is 8.01. The van der Waals surface area contributed by atoms with Gasteiger partial charge < -0.3 is 24.4 Å². The van der Waals surface area contributed by atoms with E-state index in [0.29, 0.717) is 50.3 Å². The van der Waals surface area contributed by atoms with Crippen LogP contribution in [0, 0.1) is 0 Å². The summed E-state index contributed by atoms with van der Waals surface area (Å²) in [5.41, 5.74) is 2.99. The average molecular weight is 620 g/mol. The number of aromatic nitrogens is 1. The van der Waals surface area contributed by atoms with Crippen molar-refractivity contribution >= 4 is 45.2 Å². The molecule has 2 heterocycles. The van der Waals surface area contributed by atoms with E-state index in [9.17, 15) is 19.8 Å². The quantitative estimate of drug-likeness (QED) is 0.0909. The molecule has 0 aliphatic carbocycles. The molecule has 0 atom stereocenters. The molecule has 0 radical (unpaired) electrons. The minimum Gasteiger partial charge on any atom is -0.504 e. The van der Waals surface area contributed by atoms with Gasteiger partial charge in [0.15, 0.2) is 11.5 Å². The number of hydrogen-bond acceptors (Lipinski definition) is 6. The van der Waals surface area contributed by atoms with E-state index < -0.39 is 11.8 Å². The van der Waals surface area contributed by atoms with E-state index in [2.05, 4.69) is 24.1 Å². The molecule has 4 aromatic rings. The third kappa shape index (κ3) is 6.43. The topological polar surface area (TPSA) is 104 Å². The number of rotatable bonds is 16. The highest BCUT2D eigenvalue weighted by Crippen LogP contribution is 2.44. The lowest BCUT2D eigenvalue weighted by Crippen LogP contribution is -2.28. The highest BCUT2D eigenvalue weighted by atomic mass is 35.5. The van der Waals surface area contributed by atoms with Gasteiger partial charge >= 0.3 is 0 Å². The van der Waals surface area contributed by atoms with Gasteiger partial charge in [0, 0.05) is 40.5 Å². The number of fused-ring (bicyclic) bond motifs is 5. The summed E-state index contributed by atoms with van der Waals surface area (Å²) in [7, 11) is 0. The van der Waals surface area contributed by atoms with Crippen LogP contribution in [-0.4, -0.2) is 64.3 Å². The van der Waals surface area contributed by atoms with E-state index in [1.165, 1.54) is 38.5 Å². The summed E-state index contributed by atoms with van der Waals surface area (Å²) in [5, 5.41) is 25.1. The summed E-state index contributed by atoms with van der Waals surface area (Å²) in [6.45, 7) is 8.09. The van der Waals surface area contributed by atoms with Gasteiger partial charge in [0.1, 0.15) is 0 Å². The summed E-state index contributed by atoms with van der Waals surface area (Å²) in [5.74, 6) is -0.704. The van der Waals surface area contributed by atoms with Crippen molar-refractivity contribution in [1.82, 2.24) is 14.8 Å². The highest BCUT2D eigenvalue weighted by molar-refractivity contribution is 6.36. The molecule has 1 aliphatic heterocycles. The Morgan fingerprint density at radius 1 is 0.864 bits per heavy atom. The average Bonchev–Trinajstić information content (AvgIpc) is 3.47. The number of nitrogens with one attached hydrogen (secondary N) is 1. The van der Waals surface area contributed by atoms with Gasteiger partial charge in [0.2, 0.25) is 0 Å². The fourth-order valence-corrected chi connectivity index (χ4v) is 6.52. The van der Waals surface area contributed by atoms with Gasteiger partial charge in [-0.05, 0) is 56.1 Å². The number of nitrogens with zero attached hydrogens (tertiary/aromatic N) is 2. The predicted molar refractivity (Wildman–Crippen MR) is 176 cm³/mol. The maximum Gasteiger partial charge on any atom is 0.259 e. The third-order valence-electron chi connectivity index (χ3n) is 8.44. The summed E-state index contributed by atoms with van der Waals surface area (Å²) in [4.78, 5) is 28.8. The van der Waals surface area contributed by atoms with Crippen molar-refractivity contribution in [2.24, 2.45) is 0 Å². The second-order valence-electron chi connectivity index (χ2n) is 11.5. The standard InChI is InChI=1S/C35H42ClN3O5/c1-3-5-9-14-38(15-10-6-4-2)16-11-19-44-30-22-27-25(21-29(30)41)31-28(39(27)17-18-40)20-24(23-12-7-8-13-26(23)36)32-33(31)35(43)37-34(32)42/h7-8,12-13,20-22,40-41H,3-6,9-11,14-19H2,1-2H3,(H,37,42,43). The molecular weight excluding hydrogens is 578 g/mol. The molecule has 0 unspecified atom stereocenters. The Morgan fingerprint density at radius 3 is 2.23 bits per heavy atom. The van der Waals surface area contributed by atoms with E-state index >= 15 is 0 Å². The van der Waals surface area contributed by atoms with Crippen molar-refractivity contribution in [2.75, 3.05) is 32.8 Å². The van der Waals surface area contributed by atoms with Crippen LogP contribution in [0.15, 0.2) is 42.5 Å². The van der Waals surface area contributed by atoms with Crippen molar-refractivity contribution in [2.45, 2.75) is 65.3 Å². The molecule has 1 aliphatic rings. The number of amides is 2. The Bertz CT molecular complexity index is 1650. The van der Waals surface area contributed by atoms with Gasteiger partial charge in [0.05, 0.1) is 35.4 Å². The lowest BCUT2D eigenvalue weighted by Gasteiger charge is -2.22. The molecule has 0 spiro atoms. The molecule has 3 N–H and O–H groups in total. The number of phenolic OH excluding ortho intramolecular Hbond substituents is 1. The fourth-order valence-electron chi connectivity index (χ4n) is 6.28.